The van der Waals surface area contributed by atoms with Crippen LogP contribution in [0.2, 0.25) is 0 Å². The fraction of sp³-hybridized carbons (Fsp3) is 0.222. The van der Waals surface area contributed by atoms with Crippen LogP contribution in [0.1, 0.15) is 197 Å². The number of methoxy groups -OCH3 is 1. The molecule has 141 heavy (non-hydrogen) atoms. The molecular weight excluding hydrogens is 1880 g/mol. The molecule has 0 fully saturated rings. The van der Waals surface area contributed by atoms with Gasteiger partial charge in [-0.1, -0.05) is 236 Å². The number of aliphatic hydroxyl groups excluding tert-OH is 6. The van der Waals surface area contributed by atoms with Gasteiger partial charge in [0.2, 0.25) is 34.9 Å². The van der Waals surface area contributed by atoms with Gasteiger partial charge in [0.05, 0.1) is 24.2 Å². The van der Waals surface area contributed by atoms with Gasteiger partial charge in [0, 0.05) is 97.8 Å². The lowest BCUT2D eigenvalue weighted by atomic mass is 10.0. The number of aliphatic hydroxyl groups is 6. The Morgan fingerprint density at radius 2 is 0.560 bits per heavy atom. The summed E-state index contributed by atoms with van der Waals surface area (Å²) in [6, 6.07) is 70.3. The summed E-state index contributed by atoms with van der Waals surface area (Å²) in [6.07, 6.45) is -3.41. The number of benzene rings is 8. The van der Waals surface area contributed by atoms with Crippen LogP contribution in [0.5, 0.6) is 5.75 Å². The molecule has 0 saturated heterocycles. The van der Waals surface area contributed by atoms with Crippen LogP contribution in [-0.2, 0) is 35.5 Å². The van der Waals surface area contributed by atoms with Crippen molar-refractivity contribution in [1.29, 1.82) is 0 Å². The average molecular weight is 1970 g/mol. The fourth-order valence-electron chi connectivity index (χ4n) is 12.9. The second-order valence-electron chi connectivity index (χ2n) is 32.0. The molecule has 10 aromatic heterocycles. The zero-order valence-electron chi connectivity index (χ0n) is 75.9. The molecule has 0 amide bonds. The molecule has 42 heteroatoms. The first kappa shape index (κ1) is 103. The summed E-state index contributed by atoms with van der Waals surface area (Å²) in [7, 11) is 1.57. The molecule has 0 spiro atoms. The van der Waals surface area contributed by atoms with Crippen molar-refractivity contribution in [1.82, 2.24) is 76.0 Å². The molecular formula is C99H85F12N15O14S. The third kappa shape index (κ3) is 26.9. The maximum Gasteiger partial charge on any atom is 0.322 e. The van der Waals surface area contributed by atoms with Crippen molar-refractivity contribution in [2.45, 2.75) is 134 Å². The van der Waals surface area contributed by atoms with Crippen molar-refractivity contribution in [3.05, 3.63) is 379 Å². The smallest absolute Gasteiger partial charge is 0.322 e. The van der Waals surface area contributed by atoms with E-state index in [1.807, 2.05) is 67.8 Å². The Bertz CT molecular complexity index is 6890. The monoisotopic (exact) mass is 1970 g/mol. The second-order valence-corrected chi connectivity index (χ2v) is 32.9. The third-order valence-electron chi connectivity index (χ3n) is 20.5. The maximum absolute atomic E-state index is 13.2. The number of rotatable bonds is 25. The molecule has 8 aromatic carbocycles. The van der Waals surface area contributed by atoms with E-state index in [4.69, 9.17) is 9.26 Å². The Hall–Kier alpha value is -15.5. The molecule has 6 atom stereocenters. The largest absolute Gasteiger partial charge is 0.497 e. The molecule has 0 aliphatic heterocycles. The van der Waals surface area contributed by atoms with Gasteiger partial charge in [0.1, 0.15) is 42.4 Å². The predicted octanol–water partition coefficient (Wildman–Crippen LogP) is 22.4. The zero-order valence-corrected chi connectivity index (χ0v) is 76.7. The second kappa shape index (κ2) is 44.1. The minimum atomic E-state index is -3.19. The Morgan fingerprint density at radius 1 is 0.277 bits per heavy atom. The number of hydrogen-bond acceptors (Lipinski definition) is 30. The summed E-state index contributed by atoms with van der Waals surface area (Å²) in [5.74, 6) is -22.0. The first-order chi connectivity index (χ1) is 66.8. The standard InChI is InChI=1S/C18H16F2N2O3.C17H15F2N3O2.C17H14F2N2O2.C16H13F2N3O2.C16H14F2N2O2S.C15H13F2N3O3/c1-18(19,20)17-21-16(22-25-17)13-5-3-11(4-6-13)15(23)12-7-9-14(24-2)10-8-12;1-10-4-3-5-13(20-10)14(23)11-6-8-12(9-7-11)15-21-16(24-22-15)17(2,18)19;1-17(18,19)16-20-15(21-23-16)13-9-7-12(8-10-13)14(22)11-5-3-2-4-6-11;1-16(17,18)15-20-14(21-23-15)11-7-5-10(6-8-11)13(22)12-4-2-3-9-19-12;1-9-7-8-23-13(9)12(21)10-3-5-11(6-4-10)14-19-15(22-20-14)16(2,17)18;1-8-7-11(22-19-8)12(21)9-3-5-10(6-4-9)13-18-14(23-20-13)15(2,16)17/h3-10,15,23H,1-2H3;3-9,14,23H,1-2H3;2-10,14,22H,1H3;2-9,13,22H,1H3;3-8,12,21H,1-2H3;3-7,12,21H,1-2H3. The van der Waals surface area contributed by atoms with Gasteiger partial charge in [-0.25, -0.2) is 0 Å². The van der Waals surface area contributed by atoms with E-state index in [1.165, 1.54) is 11.3 Å². The quantitative estimate of drug-likeness (QED) is 0.0289. The molecule has 0 radical (unpaired) electrons. The Kier molecular flexibility index (Phi) is 32.2. The Labute approximate surface area is 797 Å². The number of aryl methyl sites for hydroxylation is 3. The van der Waals surface area contributed by atoms with Crippen molar-refractivity contribution in [2.24, 2.45) is 0 Å². The highest BCUT2D eigenvalue weighted by atomic mass is 32.1. The normalized spacial score (nSPS) is 13.1. The minimum absolute atomic E-state index is 0.0538. The van der Waals surface area contributed by atoms with E-state index in [9.17, 15) is 83.3 Å². The molecule has 6 N–H and O–H groups in total. The van der Waals surface area contributed by atoms with Gasteiger partial charge in [0.25, 0.3) is 35.3 Å². The van der Waals surface area contributed by atoms with Crippen LogP contribution in [0, 0.1) is 20.8 Å². The maximum atomic E-state index is 13.2. The zero-order chi connectivity index (χ0) is 101. The van der Waals surface area contributed by atoms with Crippen LogP contribution < -0.4 is 4.74 Å². The lowest BCUT2D eigenvalue weighted by Gasteiger charge is -2.12. The Morgan fingerprint density at radius 3 is 0.830 bits per heavy atom. The molecule has 10 heterocycles. The van der Waals surface area contributed by atoms with E-state index in [2.05, 4.69) is 103 Å². The highest BCUT2D eigenvalue weighted by molar-refractivity contribution is 7.10. The number of ether oxygens (including phenoxy) is 1. The third-order valence-corrected chi connectivity index (χ3v) is 21.6. The molecule has 0 aliphatic rings. The van der Waals surface area contributed by atoms with Crippen molar-refractivity contribution < 1.29 is 120 Å². The molecule has 18 rings (SSSR count). The van der Waals surface area contributed by atoms with Gasteiger partial charge in [-0.15, -0.1) is 11.3 Å². The molecule has 6 unspecified atom stereocenters. The van der Waals surface area contributed by atoms with Crippen LogP contribution in [0.4, 0.5) is 52.7 Å². The fourth-order valence-corrected chi connectivity index (χ4v) is 13.8. The number of alkyl halides is 12. The summed E-state index contributed by atoms with van der Waals surface area (Å²) in [5.41, 5.74) is 12.0. The number of thiophene rings is 1. The number of halogens is 12. The molecule has 0 saturated carbocycles. The molecule has 0 bridgehead atoms. The van der Waals surface area contributed by atoms with Gasteiger partial charge in [-0.3, -0.25) is 9.97 Å². The summed E-state index contributed by atoms with van der Waals surface area (Å²) in [4.78, 5) is 31.4. The van der Waals surface area contributed by atoms with Crippen LogP contribution >= 0.6 is 11.3 Å². The average Bonchev–Trinajstić information content (AvgIpc) is 1.83. The van der Waals surface area contributed by atoms with Crippen molar-refractivity contribution in [2.75, 3.05) is 7.11 Å². The van der Waals surface area contributed by atoms with Gasteiger partial charge >= 0.3 is 35.5 Å². The van der Waals surface area contributed by atoms with Crippen molar-refractivity contribution in [3.8, 4) is 74.1 Å². The van der Waals surface area contributed by atoms with Crippen LogP contribution in [-0.4, -0.2) is 114 Å². The van der Waals surface area contributed by atoms with E-state index >= 15 is 0 Å². The number of aromatic nitrogens is 15. The first-order valence-corrected chi connectivity index (χ1v) is 43.2. The van der Waals surface area contributed by atoms with Gasteiger partial charge < -0.3 is 67.0 Å². The highest BCUT2D eigenvalue weighted by Crippen LogP contribution is 2.39. The lowest BCUT2D eigenvalue weighted by molar-refractivity contribution is -0.0162. The highest BCUT2D eigenvalue weighted by Gasteiger charge is 2.38. The first-order valence-electron chi connectivity index (χ1n) is 42.4. The number of nitrogens with zero attached hydrogens (tertiary/aromatic N) is 15. The van der Waals surface area contributed by atoms with Gasteiger partial charge in [0.15, 0.2) is 5.76 Å². The number of pyridine rings is 2. The van der Waals surface area contributed by atoms with Gasteiger partial charge in [-0.05, 0) is 119 Å². The van der Waals surface area contributed by atoms with Crippen molar-refractivity contribution >= 4 is 11.3 Å². The summed E-state index contributed by atoms with van der Waals surface area (Å²) in [6.45, 7) is 9.69. The van der Waals surface area contributed by atoms with Crippen molar-refractivity contribution in [3.63, 3.8) is 0 Å². The number of hydrogen-bond donors (Lipinski definition) is 6. The van der Waals surface area contributed by atoms with E-state index in [0.29, 0.717) is 142 Å². The predicted molar refractivity (Wildman–Crippen MR) is 483 cm³/mol. The van der Waals surface area contributed by atoms with E-state index in [-0.39, 0.29) is 34.9 Å². The summed E-state index contributed by atoms with van der Waals surface area (Å²) in [5, 5.41) is 88.9. The van der Waals surface area contributed by atoms with E-state index in [1.54, 1.807) is 220 Å². The molecule has 730 valence electrons. The molecule has 29 nitrogen and oxygen atoms in total. The summed E-state index contributed by atoms with van der Waals surface area (Å²) >= 11 is 1.49. The van der Waals surface area contributed by atoms with E-state index in [0.717, 1.165) is 21.7 Å². The molecule has 18 aromatic rings. The minimum Gasteiger partial charge on any atom is -0.497 e. The Balaban J connectivity index is 0.000000142. The topological polar surface area (TPSA) is 416 Å². The van der Waals surface area contributed by atoms with Crippen LogP contribution in [0.25, 0.3) is 68.3 Å². The van der Waals surface area contributed by atoms with Crippen LogP contribution in [0.3, 0.4) is 0 Å². The van der Waals surface area contributed by atoms with E-state index < -0.39 is 108 Å². The SMILES string of the molecule is CC(F)(F)c1nc(-c2ccc(C(O)c3ccccc3)cc2)no1.CC(F)(F)c1nc(-c2ccc(C(O)c3ccccn3)cc2)no1.COc1ccc(C(O)c2ccc(-c3noc(C(C)(F)F)n3)cc2)cc1.Cc1cc(C(O)c2ccc(-c3noc(C(C)(F)F)n3)cc2)on1.Cc1cccc(C(O)c2ccc(-c3noc(C(C)(F)F)n3)cc2)n1.Cc1ccsc1C(O)c1ccc(-c2noc(C(C)(F)F)n2)cc1. The van der Waals surface area contributed by atoms with Crippen LogP contribution in [0.15, 0.2) is 292 Å². The molecule has 0 aliphatic carbocycles. The lowest BCUT2D eigenvalue weighted by Crippen LogP contribution is -2.07. The summed E-state index contributed by atoms with van der Waals surface area (Å²) < 4.78 is 195. The van der Waals surface area contributed by atoms with Gasteiger partial charge in [-0.2, -0.15) is 82.6 Å².